The van der Waals surface area contributed by atoms with Crippen molar-refractivity contribution < 1.29 is 19.1 Å². The van der Waals surface area contributed by atoms with Gasteiger partial charge in [0.25, 0.3) is 5.91 Å². The van der Waals surface area contributed by atoms with E-state index in [0.29, 0.717) is 49.8 Å². The summed E-state index contributed by atoms with van der Waals surface area (Å²) >= 11 is 0. The Balaban J connectivity index is 1.60. The quantitative estimate of drug-likeness (QED) is 0.761. The summed E-state index contributed by atoms with van der Waals surface area (Å²) in [6.45, 7) is 5.86. The number of para-hydroxylation sites is 1. The fourth-order valence-corrected chi connectivity index (χ4v) is 3.31. The van der Waals surface area contributed by atoms with Gasteiger partial charge >= 0.3 is 0 Å². The molecule has 0 radical (unpaired) electrons. The Morgan fingerprint density at radius 2 is 1.79 bits per heavy atom. The van der Waals surface area contributed by atoms with E-state index in [0.717, 1.165) is 5.69 Å². The molecule has 1 atom stereocenters. The number of ether oxygens (including phenoxy) is 2. The zero-order valence-electron chi connectivity index (χ0n) is 16.3. The normalized spacial score (nSPS) is 16.1. The first-order chi connectivity index (χ1) is 13.6. The lowest BCUT2D eigenvalue weighted by Gasteiger charge is -2.17. The summed E-state index contributed by atoms with van der Waals surface area (Å²) in [5, 5.41) is 2.94. The molecule has 2 aromatic carbocycles. The first-order valence-corrected chi connectivity index (χ1v) is 9.65. The van der Waals surface area contributed by atoms with Gasteiger partial charge in [-0.15, -0.1) is 0 Å². The van der Waals surface area contributed by atoms with Crippen LogP contribution in [0.1, 0.15) is 30.6 Å². The third kappa shape index (κ3) is 4.63. The van der Waals surface area contributed by atoms with E-state index >= 15 is 0 Å². The summed E-state index contributed by atoms with van der Waals surface area (Å²) in [6.07, 6.45) is 0.433. The van der Waals surface area contributed by atoms with Crippen LogP contribution in [0.15, 0.2) is 48.5 Å². The van der Waals surface area contributed by atoms with Crippen LogP contribution in [0, 0.1) is 5.92 Å². The van der Waals surface area contributed by atoms with E-state index in [1.54, 1.807) is 23.1 Å². The van der Waals surface area contributed by atoms with Crippen LogP contribution in [-0.2, 0) is 4.79 Å². The summed E-state index contributed by atoms with van der Waals surface area (Å²) in [5.41, 5.74) is 1.41. The molecule has 1 N–H and O–H groups in total. The number of benzene rings is 2. The molecule has 28 heavy (non-hydrogen) atoms. The van der Waals surface area contributed by atoms with E-state index in [2.05, 4.69) is 5.32 Å². The van der Waals surface area contributed by atoms with Gasteiger partial charge in [0, 0.05) is 36.7 Å². The lowest BCUT2D eigenvalue weighted by molar-refractivity contribution is -0.117. The number of nitrogens with zero attached hydrogens (tertiary/aromatic N) is 1. The Bertz CT molecular complexity index is 823. The van der Waals surface area contributed by atoms with Crippen LogP contribution in [-0.4, -0.2) is 38.1 Å². The molecule has 1 unspecified atom stereocenters. The van der Waals surface area contributed by atoms with Crippen molar-refractivity contribution in [2.24, 2.45) is 5.92 Å². The van der Waals surface area contributed by atoms with E-state index in [1.165, 1.54) is 0 Å². The summed E-state index contributed by atoms with van der Waals surface area (Å²) in [5.74, 6) is 1.18. The van der Waals surface area contributed by atoms with E-state index < -0.39 is 0 Å². The Hall–Kier alpha value is -3.02. The zero-order chi connectivity index (χ0) is 19.9. The number of nitrogens with one attached hydrogen (secondary N) is 1. The van der Waals surface area contributed by atoms with Crippen molar-refractivity contribution in [3.63, 3.8) is 0 Å². The van der Waals surface area contributed by atoms with Gasteiger partial charge in [-0.2, -0.15) is 0 Å². The van der Waals surface area contributed by atoms with E-state index in [1.807, 2.05) is 44.2 Å². The van der Waals surface area contributed by atoms with Crippen molar-refractivity contribution in [2.45, 2.75) is 20.3 Å². The number of hydrogen-bond acceptors (Lipinski definition) is 4. The molecule has 2 amide bonds. The molecule has 0 bridgehead atoms. The molecule has 1 aliphatic rings. The third-order valence-corrected chi connectivity index (χ3v) is 4.63. The number of hydrogen-bond donors (Lipinski definition) is 1. The molecule has 1 saturated heterocycles. The van der Waals surface area contributed by atoms with Crippen LogP contribution in [0.4, 0.5) is 5.69 Å². The maximum Gasteiger partial charge on any atom is 0.251 e. The molecular formula is C22H26N2O4. The summed E-state index contributed by atoms with van der Waals surface area (Å²) in [4.78, 5) is 26.6. The number of rotatable bonds is 8. The molecule has 0 aromatic heterocycles. The number of anilines is 1. The SMILES string of the molecule is CCOc1ccc(C(=O)NCC2CC(=O)N(c3ccccc3)C2)cc1OCC. The highest BCUT2D eigenvalue weighted by Crippen LogP contribution is 2.29. The van der Waals surface area contributed by atoms with Gasteiger partial charge in [0.2, 0.25) is 5.91 Å². The molecule has 148 valence electrons. The predicted octanol–water partition coefficient (Wildman–Crippen LogP) is 3.27. The topological polar surface area (TPSA) is 67.9 Å². The van der Waals surface area contributed by atoms with Crippen LogP contribution < -0.4 is 19.7 Å². The minimum absolute atomic E-state index is 0.0881. The highest BCUT2D eigenvalue weighted by atomic mass is 16.5. The molecule has 2 aromatic rings. The van der Waals surface area contributed by atoms with E-state index in [9.17, 15) is 9.59 Å². The second kappa shape index (κ2) is 9.26. The molecule has 0 aliphatic carbocycles. The van der Waals surface area contributed by atoms with Gasteiger partial charge in [0.15, 0.2) is 11.5 Å². The molecule has 0 spiro atoms. The maximum absolute atomic E-state index is 12.6. The molecule has 3 rings (SSSR count). The van der Waals surface area contributed by atoms with Crippen LogP contribution in [0.3, 0.4) is 0 Å². The first-order valence-electron chi connectivity index (χ1n) is 9.65. The molecule has 1 aliphatic heterocycles. The van der Waals surface area contributed by atoms with Gasteiger partial charge in [0.1, 0.15) is 0 Å². The van der Waals surface area contributed by atoms with Crippen LogP contribution in [0.2, 0.25) is 0 Å². The van der Waals surface area contributed by atoms with Crippen molar-refractivity contribution in [2.75, 3.05) is 31.2 Å². The highest BCUT2D eigenvalue weighted by Gasteiger charge is 2.30. The van der Waals surface area contributed by atoms with Gasteiger partial charge in [-0.1, -0.05) is 18.2 Å². The summed E-state index contributed by atoms with van der Waals surface area (Å²) in [6, 6.07) is 14.8. The Morgan fingerprint density at radius 3 is 2.50 bits per heavy atom. The third-order valence-electron chi connectivity index (χ3n) is 4.63. The highest BCUT2D eigenvalue weighted by molar-refractivity contribution is 5.96. The van der Waals surface area contributed by atoms with Crippen molar-refractivity contribution in [3.05, 3.63) is 54.1 Å². The van der Waals surface area contributed by atoms with Gasteiger partial charge in [-0.05, 0) is 44.2 Å². The second-order valence-corrected chi connectivity index (χ2v) is 6.65. The van der Waals surface area contributed by atoms with Gasteiger partial charge < -0.3 is 19.7 Å². The predicted molar refractivity (Wildman–Crippen MR) is 108 cm³/mol. The monoisotopic (exact) mass is 382 g/mol. The van der Waals surface area contributed by atoms with E-state index in [-0.39, 0.29) is 17.7 Å². The number of carbonyl (C=O) groups is 2. The summed E-state index contributed by atoms with van der Waals surface area (Å²) < 4.78 is 11.1. The average Bonchev–Trinajstić information content (AvgIpc) is 3.09. The largest absolute Gasteiger partial charge is 0.490 e. The Kier molecular flexibility index (Phi) is 6.53. The minimum Gasteiger partial charge on any atom is -0.490 e. The number of carbonyl (C=O) groups excluding carboxylic acids is 2. The zero-order valence-corrected chi connectivity index (χ0v) is 16.3. The molecule has 1 heterocycles. The van der Waals surface area contributed by atoms with Crippen LogP contribution in [0.25, 0.3) is 0 Å². The minimum atomic E-state index is -0.186. The smallest absolute Gasteiger partial charge is 0.251 e. The molecular weight excluding hydrogens is 356 g/mol. The van der Waals surface area contributed by atoms with Crippen molar-refractivity contribution in [3.8, 4) is 11.5 Å². The molecule has 6 heteroatoms. The second-order valence-electron chi connectivity index (χ2n) is 6.65. The standard InChI is InChI=1S/C22H26N2O4/c1-3-27-19-11-10-17(13-20(19)28-4-2)22(26)23-14-16-12-21(25)24(15-16)18-8-6-5-7-9-18/h5-11,13,16H,3-4,12,14-15H2,1-2H3,(H,23,26). The fourth-order valence-electron chi connectivity index (χ4n) is 3.31. The van der Waals surface area contributed by atoms with Crippen molar-refractivity contribution >= 4 is 17.5 Å². The number of amides is 2. The summed E-state index contributed by atoms with van der Waals surface area (Å²) in [7, 11) is 0. The van der Waals surface area contributed by atoms with E-state index in [4.69, 9.17) is 9.47 Å². The van der Waals surface area contributed by atoms with Crippen LogP contribution >= 0.6 is 0 Å². The lowest BCUT2D eigenvalue weighted by Crippen LogP contribution is -2.31. The Labute approximate surface area is 165 Å². The van der Waals surface area contributed by atoms with Crippen LogP contribution in [0.5, 0.6) is 11.5 Å². The van der Waals surface area contributed by atoms with Crippen molar-refractivity contribution in [1.82, 2.24) is 5.32 Å². The Morgan fingerprint density at radius 1 is 1.07 bits per heavy atom. The molecule has 6 nitrogen and oxygen atoms in total. The van der Waals surface area contributed by atoms with Gasteiger partial charge in [-0.25, -0.2) is 0 Å². The maximum atomic E-state index is 12.6. The fraction of sp³-hybridized carbons (Fsp3) is 0.364. The first kappa shape index (κ1) is 19.7. The lowest BCUT2D eigenvalue weighted by atomic mass is 10.1. The van der Waals surface area contributed by atoms with Gasteiger partial charge in [-0.3, -0.25) is 9.59 Å². The average molecular weight is 382 g/mol. The molecule has 1 fully saturated rings. The van der Waals surface area contributed by atoms with Crippen molar-refractivity contribution in [1.29, 1.82) is 0 Å². The molecule has 0 saturated carbocycles. The van der Waals surface area contributed by atoms with Gasteiger partial charge in [0.05, 0.1) is 13.2 Å².